The molecule has 4 bridgehead atoms. The normalized spacial score (nSPS) is 30.7. The second kappa shape index (κ2) is 7.51. The number of hydrogen-bond acceptors (Lipinski definition) is 2. The van der Waals surface area contributed by atoms with Crippen molar-refractivity contribution in [2.45, 2.75) is 51.5 Å². The van der Waals surface area contributed by atoms with E-state index in [2.05, 4.69) is 24.4 Å². The minimum absolute atomic E-state index is 0.00360. The molecule has 1 amide bonds. The Morgan fingerprint density at radius 3 is 2.21 bits per heavy atom. The summed E-state index contributed by atoms with van der Waals surface area (Å²) in [4.78, 5) is 12.7. The molecule has 0 unspecified atom stereocenters. The molecule has 3 heteroatoms. The molecule has 1 N–H and O–H groups in total. The highest BCUT2D eigenvalue weighted by molar-refractivity contribution is 5.78. The molecule has 2 aromatic rings. The Kier molecular flexibility index (Phi) is 4.85. The molecule has 152 valence electrons. The zero-order chi connectivity index (χ0) is 19.8. The summed E-state index contributed by atoms with van der Waals surface area (Å²) in [7, 11) is 0. The molecule has 0 radical (unpaired) electrons. The number of rotatable bonds is 6. The number of hydrogen-bond donors (Lipinski definition) is 1. The first kappa shape index (κ1) is 18.7. The van der Waals surface area contributed by atoms with E-state index in [1.807, 2.05) is 42.5 Å². The van der Waals surface area contributed by atoms with E-state index in [4.69, 9.17) is 4.74 Å². The average Bonchev–Trinajstić information content (AvgIpc) is 2.72. The van der Waals surface area contributed by atoms with E-state index < -0.39 is 0 Å². The van der Waals surface area contributed by atoms with Crippen molar-refractivity contribution < 1.29 is 9.53 Å². The summed E-state index contributed by atoms with van der Waals surface area (Å²) in [6.07, 6.45) is 8.20. The van der Waals surface area contributed by atoms with Gasteiger partial charge < -0.3 is 10.1 Å². The number of benzene rings is 2. The summed E-state index contributed by atoms with van der Waals surface area (Å²) in [5, 5.41) is 3.30. The van der Waals surface area contributed by atoms with Gasteiger partial charge in [0.05, 0.1) is 0 Å². The van der Waals surface area contributed by atoms with Gasteiger partial charge in [0.2, 0.25) is 0 Å². The van der Waals surface area contributed by atoms with Crippen LogP contribution in [0.4, 0.5) is 0 Å². The minimum atomic E-state index is -0.00360. The van der Waals surface area contributed by atoms with Gasteiger partial charge in [-0.3, -0.25) is 4.79 Å². The summed E-state index contributed by atoms with van der Waals surface area (Å²) in [6.45, 7) is 2.30. The molecule has 3 nitrogen and oxygen atoms in total. The summed E-state index contributed by atoms with van der Waals surface area (Å²) in [5.74, 6) is 3.45. The molecule has 0 aliphatic heterocycles. The van der Waals surface area contributed by atoms with Crippen LogP contribution in [-0.2, 0) is 4.79 Å². The van der Waals surface area contributed by atoms with Gasteiger partial charge in [-0.25, -0.2) is 0 Å². The molecule has 4 aliphatic carbocycles. The number of carbonyl (C=O) groups excluding carboxylic acids is 1. The van der Waals surface area contributed by atoms with E-state index in [9.17, 15) is 4.79 Å². The third-order valence-electron chi connectivity index (χ3n) is 7.71. The fourth-order valence-corrected chi connectivity index (χ4v) is 6.74. The Morgan fingerprint density at radius 2 is 1.55 bits per heavy atom. The van der Waals surface area contributed by atoms with Gasteiger partial charge in [-0.05, 0) is 80.2 Å². The number of carbonyl (C=O) groups is 1. The Bertz CT molecular complexity index is 840. The van der Waals surface area contributed by atoms with E-state index in [1.54, 1.807) is 0 Å². The number of para-hydroxylation sites is 1. The summed E-state index contributed by atoms with van der Waals surface area (Å²) in [6, 6.07) is 18.4. The van der Waals surface area contributed by atoms with Gasteiger partial charge in [0.25, 0.3) is 5.91 Å². The second-order valence-corrected chi connectivity index (χ2v) is 9.72. The molecule has 1 atom stereocenters. The molecule has 0 heterocycles. The Hall–Kier alpha value is -2.29. The van der Waals surface area contributed by atoms with E-state index in [0.717, 1.165) is 34.6 Å². The van der Waals surface area contributed by atoms with Crippen LogP contribution in [0.25, 0.3) is 11.1 Å². The van der Waals surface area contributed by atoms with Crippen molar-refractivity contribution in [2.24, 2.45) is 23.2 Å². The van der Waals surface area contributed by atoms with Gasteiger partial charge in [-0.1, -0.05) is 48.5 Å². The third-order valence-corrected chi connectivity index (χ3v) is 7.71. The van der Waals surface area contributed by atoms with Crippen molar-refractivity contribution in [3.05, 3.63) is 54.6 Å². The minimum Gasteiger partial charge on any atom is -0.483 e. The fourth-order valence-electron chi connectivity index (χ4n) is 6.74. The number of nitrogens with one attached hydrogen (secondary N) is 1. The van der Waals surface area contributed by atoms with Gasteiger partial charge in [-0.2, -0.15) is 0 Å². The number of amides is 1. The van der Waals surface area contributed by atoms with Crippen molar-refractivity contribution in [3.8, 4) is 16.9 Å². The predicted octanol–water partition coefficient (Wildman–Crippen LogP) is 5.45. The molecule has 29 heavy (non-hydrogen) atoms. The predicted molar refractivity (Wildman–Crippen MR) is 116 cm³/mol. The lowest BCUT2D eigenvalue weighted by Gasteiger charge is -2.59. The van der Waals surface area contributed by atoms with E-state index in [0.29, 0.717) is 5.41 Å². The molecule has 4 saturated carbocycles. The van der Waals surface area contributed by atoms with Crippen LogP contribution in [0.2, 0.25) is 0 Å². The molecular weight excluding hydrogens is 358 g/mol. The lowest BCUT2D eigenvalue weighted by Crippen LogP contribution is -2.56. The van der Waals surface area contributed by atoms with Crippen molar-refractivity contribution >= 4 is 5.91 Å². The highest BCUT2D eigenvalue weighted by Crippen LogP contribution is 2.61. The average molecular weight is 390 g/mol. The zero-order valence-corrected chi connectivity index (χ0v) is 17.3. The maximum atomic E-state index is 12.7. The summed E-state index contributed by atoms with van der Waals surface area (Å²) >= 11 is 0. The topological polar surface area (TPSA) is 38.3 Å². The molecular formula is C26H31NO2. The highest BCUT2D eigenvalue weighted by atomic mass is 16.5. The van der Waals surface area contributed by atoms with E-state index in [1.165, 1.54) is 38.5 Å². The second-order valence-electron chi connectivity index (χ2n) is 9.72. The highest BCUT2D eigenvalue weighted by Gasteiger charge is 2.53. The SMILES string of the molecule is C[C@@H](NC(=O)COc1ccccc1-c1ccccc1)C12CC3CC(CC(C3)C1)C2. The van der Waals surface area contributed by atoms with Crippen LogP contribution in [0, 0.1) is 23.2 Å². The van der Waals surface area contributed by atoms with Crippen molar-refractivity contribution in [2.75, 3.05) is 6.61 Å². The van der Waals surface area contributed by atoms with Gasteiger partial charge in [0, 0.05) is 11.6 Å². The maximum absolute atomic E-state index is 12.7. The first-order chi connectivity index (χ1) is 14.1. The monoisotopic (exact) mass is 389 g/mol. The van der Waals surface area contributed by atoms with E-state index >= 15 is 0 Å². The molecule has 0 saturated heterocycles. The van der Waals surface area contributed by atoms with Crippen LogP contribution in [0.3, 0.4) is 0 Å². The zero-order valence-electron chi connectivity index (χ0n) is 17.3. The lowest BCUT2D eigenvalue weighted by molar-refractivity contribution is -0.127. The van der Waals surface area contributed by atoms with Gasteiger partial charge in [0.1, 0.15) is 5.75 Å². The van der Waals surface area contributed by atoms with Crippen LogP contribution in [0.15, 0.2) is 54.6 Å². The van der Waals surface area contributed by atoms with Crippen LogP contribution in [-0.4, -0.2) is 18.6 Å². The number of ether oxygens (including phenoxy) is 1. The smallest absolute Gasteiger partial charge is 0.258 e. The molecule has 0 aromatic heterocycles. The van der Waals surface area contributed by atoms with Gasteiger partial charge in [0.15, 0.2) is 6.61 Å². The maximum Gasteiger partial charge on any atom is 0.258 e. The lowest BCUT2D eigenvalue weighted by atomic mass is 9.48. The quantitative estimate of drug-likeness (QED) is 0.713. The molecule has 4 fully saturated rings. The van der Waals surface area contributed by atoms with Crippen LogP contribution in [0.5, 0.6) is 5.75 Å². The molecule has 2 aromatic carbocycles. The van der Waals surface area contributed by atoms with Gasteiger partial charge in [-0.15, -0.1) is 0 Å². The first-order valence-electron chi connectivity index (χ1n) is 11.2. The Labute approximate surface area is 173 Å². The Balaban J connectivity index is 1.22. The molecule has 6 rings (SSSR count). The molecule has 4 aliphatic rings. The van der Waals surface area contributed by atoms with E-state index in [-0.39, 0.29) is 18.6 Å². The van der Waals surface area contributed by atoms with Crippen LogP contribution >= 0.6 is 0 Å². The van der Waals surface area contributed by atoms with Crippen molar-refractivity contribution in [3.63, 3.8) is 0 Å². The summed E-state index contributed by atoms with van der Waals surface area (Å²) in [5.41, 5.74) is 2.45. The fraction of sp³-hybridized carbons (Fsp3) is 0.500. The standard InChI is InChI=1S/C26H31NO2/c1-18(26-14-19-11-20(15-26)13-21(12-19)16-26)27-25(28)17-29-24-10-6-5-9-23(24)22-7-3-2-4-8-22/h2-10,18-21H,11-17H2,1H3,(H,27,28)/t18-,19?,20?,21?,26?/m1/s1. The van der Waals surface area contributed by atoms with Crippen LogP contribution in [0.1, 0.15) is 45.4 Å². The first-order valence-corrected chi connectivity index (χ1v) is 11.2. The Morgan fingerprint density at radius 1 is 0.966 bits per heavy atom. The largest absolute Gasteiger partial charge is 0.483 e. The van der Waals surface area contributed by atoms with Crippen molar-refractivity contribution in [1.29, 1.82) is 0 Å². The van der Waals surface area contributed by atoms with Gasteiger partial charge >= 0.3 is 0 Å². The van der Waals surface area contributed by atoms with Crippen molar-refractivity contribution in [1.82, 2.24) is 5.32 Å². The summed E-state index contributed by atoms with van der Waals surface area (Å²) < 4.78 is 5.96. The molecule has 0 spiro atoms. The van der Waals surface area contributed by atoms with Crippen LogP contribution < -0.4 is 10.1 Å². The third kappa shape index (κ3) is 3.68.